The molecule has 0 aliphatic rings. The van der Waals surface area contributed by atoms with E-state index in [0.717, 1.165) is 77.0 Å². The maximum Gasteiger partial charge on any atom is 0.230 e. The van der Waals surface area contributed by atoms with E-state index in [-0.39, 0.29) is 19.5 Å². The Kier molecular flexibility index (Phi) is 20.4. The maximum absolute atomic E-state index is 12.9. The van der Waals surface area contributed by atoms with Gasteiger partial charge in [-0.3, -0.25) is 0 Å². The molecule has 10 heteroatoms. The number of nitrogens with zero attached hydrogens (tertiary/aromatic N) is 2. The van der Waals surface area contributed by atoms with Crippen LogP contribution in [0, 0.1) is 22.7 Å². The van der Waals surface area contributed by atoms with Gasteiger partial charge in [-0.2, -0.15) is 10.5 Å². The molecule has 34 heavy (non-hydrogen) atoms. The van der Waals surface area contributed by atoms with E-state index in [0.29, 0.717) is 32.1 Å². The lowest BCUT2D eigenvalue weighted by Gasteiger charge is -2.19. The van der Waals surface area contributed by atoms with Gasteiger partial charge < -0.3 is 0 Å². The number of unbranched alkanes of at least 4 members (excludes halogenated alkanes) is 14. The lowest BCUT2D eigenvalue weighted by atomic mass is 10.1. The summed E-state index contributed by atoms with van der Waals surface area (Å²) in [6.45, 7) is 2.48. The van der Waals surface area contributed by atoms with Crippen molar-refractivity contribution in [1.29, 1.82) is 10.5 Å². The van der Waals surface area contributed by atoms with Crippen molar-refractivity contribution in [2.24, 2.45) is 0 Å². The van der Waals surface area contributed by atoms with E-state index in [4.69, 9.17) is 10.5 Å². The molecule has 0 aliphatic heterocycles. The Morgan fingerprint density at radius 2 is 0.971 bits per heavy atom. The average molecular weight is 519 g/mol. The first-order valence-corrected chi connectivity index (χ1v) is 16.1. The molecule has 0 atom stereocenters. The summed E-state index contributed by atoms with van der Waals surface area (Å²) in [4.78, 5) is 0. The van der Waals surface area contributed by atoms with Crippen LogP contribution in [0.4, 0.5) is 0 Å². The number of rotatable bonds is 24. The summed E-state index contributed by atoms with van der Waals surface area (Å²) >= 11 is 0. The molecule has 8 nitrogen and oxygen atoms in total. The molecule has 0 aromatic rings. The first-order valence-electron chi connectivity index (χ1n) is 13.0. The van der Waals surface area contributed by atoms with Crippen LogP contribution in [0.3, 0.4) is 0 Å². The van der Waals surface area contributed by atoms with Crippen molar-refractivity contribution in [1.82, 2.24) is 9.44 Å². The minimum absolute atomic E-state index is 0.0935. The van der Waals surface area contributed by atoms with Crippen molar-refractivity contribution in [3.63, 3.8) is 0 Å². The summed E-state index contributed by atoms with van der Waals surface area (Å²) in [5.74, 6) is 0. The van der Waals surface area contributed by atoms with E-state index < -0.39 is 24.6 Å². The van der Waals surface area contributed by atoms with Crippen molar-refractivity contribution in [2.45, 2.75) is 127 Å². The van der Waals surface area contributed by atoms with Crippen LogP contribution >= 0.6 is 0 Å². The van der Waals surface area contributed by atoms with Gasteiger partial charge in [-0.15, -0.1) is 0 Å². The quantitative estimate of drug-likeness (QED) is 0.167. The van der Waals surface area contributed by atoms with Gasteiger partial charge in [0.25, 0.3) is 0 Å². The second-order valence-corrected chi connectivity index (χ2v) is 13.1. The first kappa shape index (κ1) is 32.8. The number of nitriles is 2. The van der Waals surface area contributed by atoms with E-state index in [1.54, 1.807) is 0 Å². The molecule has 0 heterocycles. The monoisotopic (exact) mass is 518 g/mol. The Morgan fingerprint density at radius 1 is 0.588 bits per heavy atom. The molecule has 0 amide bonds. The molecule has 0 unspecified atom stereocenters. The molecule has 0 aromatic carbocycles. The van der Waals surface area contributed by atoms with Gasteiger partial charge in [0, 0.05) is 25.9 Å². The van der Waals surface area contributed by atoms with Crippen molar-refractivity contribution in [3.05, 3.63) is 0 Å². The minimum Gasteiger partial charge on any atom is -0.214 e. The molecular weight excluding hydrogens is 472 g/mol. The molecule has 2 N–H and O–H groups in total. The molecule has 0 fully saturated rings. The molecule has 0 rings (SSSR count). The fourth-order valence-electron chi connectivity index (χ4n) is 3.73. The summed E-state index contributed by atoms with van der Waals surface area (Å²) in [6, 6.07) is 4.25. The third-order valence-corrected chi connectivity index (χ3v) is 10.4. The molecule has 0 saturated heterocycles. The van der Waals surface area contributed by atoms with Crippen LogP contribution in [0.25, 0.3) is 0 Å². The average Bonchev–Trinajstić information content (AvgIpc) is 2.79. The van der Waals surface area contributed by atoms with E-state index >= 15 is 0 Å². The van der Waals surface area contributed by atoms with Gasteiger partial charge in [-0.05, 0) is 32.1 Å². The van der Waals surface area contributed by atoms with Gasteiger partial charge in [-0.1, -0.05) is 77.6 Å². The van der Waals surface area contributed by atoms with Crippen molar-refractivity contribution < 1.29 is 16.8 Å². The van der Waals surface area contributed by atoms with Gasteiger partial charge in [0.1, 0.15) is 0 Å². The Bertz CT molecular complexity index is 725. The minimum atomic E-state index is -3.99. The van der Waals surface area contributed by atoms with Crippen molar-refractivity contribution >= 4 is 20.0 Å². The molecule has 0 radical (unpaired) electrons. The van der Waals surface area contributed by atoms with Gasteiger partial charge in [-0.25, -0.2) is 26.3 Å². The SMILES string of the molecule is CCCCCC(S(=O)(=O)NCCCCCCCCC#N)S(=O)(=O)NCCCCCCCCC#N. The van der Waals surface area contributed by atoms with Crippen LogP contribution in [0.5, 0.6) is 0 Å². The van der Waals surface area contributed by atoms with Crippen molar-refractivity contribution in [2.75, 3.05) is 13.1 Å². The third-order valence-electron chi connectivity index (χ3n) is 5.77. The smallest absolute Gasteiger partial charge is 0.214 e. The van der Waals surface area contributed by atoms with Gasteiger partial charge >= 0.3 is 0 Å². The van der Waals surface area contributed by atoms with E-state index in [9.17, 15) is 16.8 Å². The summed E-state index contributed by atoms with van der Waals surface area (Å²) in [5.41, 5.74) is 0. The summed E-state index contributed by atoms with van der Waals surface area (Å²) < 4.78 is 55.0. The Morgan fingerprint density at radius 3 is 1.35 bits per heavy atom. The second-order valence-electron chi connectivity index (χ2n) is 8.86. The molecule has 198 valence electrons. The van der Waals surface area contributed by atoms with Crippen LogP contribution in [-0.2, 0) is 20.0 Å². The van der Waals surface area contributed by atoms with E-state index in [1.165, 1.54) is 0 Å². The predicted octanol–water partition coefficient (Wildman–Crippen LogP) is 5.24. The zero-order valence-electron chi connectivity index (χ0n) is 21.1. The predicted molar refractivity (Wildman–Crippen MR) is 138 cm³/mol. The van der Waals surface area contributed by atoms with Crippen LogP contribution < -0.4 is 9.44 Å². The number of hydrogen-bond acceptors (Lipinski definition) is 6. The fraction of sp³-hybridized carbons (Fsp3) is 0.917. The summed E-state index contributed by atoms with van der Waals surface area (Å²) in [7, 11) is -7.98. The van der Waals surface area contributed by atoms with Gasteiger partial charge in [0.15, 0.2) is 4.58 Å². The second kappa shape index (κ2) is 21.1. The molecular formula is C24H46N4O4S2. The number of hydrogen-bond donors (Lipinski definition) is 2. The molecule has 0 spiro atoms. The normalized spacial score (nSPS) is 12.0. The fourth-order valence-corrected chi connectivity index (χ4v) is 7.65. The Balaban J connectivity index is 4.51. The zero-order chi connectivity index (χ0) is 25.5. The maximum atomic E-state index is 12.9. The summed E-state index contributed by atoms with van der Waals surface area (Å²) in [5, 5.41) is 17.1. The van der Waals surface area contributed by atoms with E-state index in [2.05, 4.69) is 21.6 Å². The highest BCUT2D eigenvalue weighted by molar-refractivity contribution is 8.07. The molecule has 0 bridgehead atoms. The van der Waals surface area contributed by atoms with Crippen LogP contribution in [0.1, 0.15) is 122 Å². The summed E-state index contributed by atoms with van der Waals surface area (Å²) in [6.07, 6.45) is 14.3. The Hall–Kier alpha value is -1.20. The molecule has 0 aromatic heterocycles. The lowest BCUT2D eigenvalue weighted by molar-refractivity contribution is 0.537. The van der Waals surface area contributed by atoms with Crippen LogP contribution in [-0.4, -0.2) is 34.5 Å². The lowest BCUT2D eigenvalue weighted by Crippen LogP contribution is -2.45. The van der Waals surface area contributed by atoms with Crippen molar-refractivity contribution in [3.8, 4) is 12.1 Å². The third kappa shape index (κ3) is 17.3. The highest BCUT2D eigenvalue weighted by Crippen LogP contribution is 2.17. The van der Waals surface area contributed by atoms with Gasteiger partial charge in [0.05, 0.1) is 12.1 Å². The highest BCUT2D eigenvalue weighted by atomic mass is 32.3. The Labute approximate surface area is 209 Å². The largest absolute Gasteiger partial charge is 0.230 e. The van der Waals surface area contributed by atoms with Crippen LogP contribution in [0.2, 0.25) is 0 Å². The zero-order valence-corrected chi connectivity index (χ0v) is 22.7. The number of nitrogens with one attached hydrogen (secondary N) is 2. The van der Waals surface area contributed by atoms with E-state index in [1.807, 2.05) is 6.92 Å². The molecule has 0 saturated carbocycles. The highest BCUT2D eigenvalue weighted by Gasteiger charge is 2.36. The molecule has 0 aliphatic carbocycles. The van der Waals surface area contributed by atoms with Gasteiger partial charge in [0.2, 0.25) is 20.0 Å². The topological polar surface area (TPSA) is 140 Å². The van der Waals surface area contributed by atoms with Crippen LogP contribution in [0.15, 0.2) is 0 Å². The number of sulfonamides is 2. The standard InChI is InChI=1S/C24H46N4O4S2/c1-2-3-14-19-24(33(29,30)27-22-17-12-8-4-6-10-15-20-25)34(31,32)28-23-18-13-9-5-7-11-16-21-26/h24,27-28H,2-19,22-23H2,1H3. The first-order chi connectivity index (χ1) is 16.3.